The molecule has 4 nitrogen and oxygen atoms in total. The van der Waals surface area contributed by atoms with Gasteiger partial charge in [0.1, 0.15) is 0 Å². The lowest BCUT2D eigenvalue weighted by Gasteiger charge is -2.36. The van der Waals surface area contributed by atoms with Crippen LogP contribution in [0.25, 0.3) is 0 Å². The molecular formula is C17H35Cl2N3O. The Morgan fingerprint density at radius 1 is 1.26 bits per heavy atom. The minimum Gasteiger partial charge on any atom is -0.342 e. The molecule has 0 aromatic heterocycles. The van der Waals surface area contributed by atoms with Crippen LogP contribution in [0, 0.1) is 11.3 Å². The molecule has 1 unspecified atom stereocenters. The van der Waals surface area contributed by atoms with Crippen LogP contribution in [-0.2, 0) is 4.79 Å². The van der Waals surface area contributed by atoms with E-state index in [9.17, 15) is 4.79 Å². The zero-order chi connectivity index (χ0) is 15.3. The number of carbonyl (C=O) groups excluding carboxylic acids is 1. The number of hydrogen-bond acceptors (Lipinski definition) is 3. The predicted octanol–water partition coefficient (Wildman–Crippen LogP) is 2.93. The quantitative estimate of drug-likeness (QED) is 0.784. The zero-order valence-corrected chi connectivity index (χ0v) is 16.4. The van der Waals surface area contributed by atoms with Gasteiger partial charge in [-0.25, -0.2) is 0 Å². The predicted molar refractivity (Wildman–Crippen MR) is 102 cm³/mol. The second-order valence-corrected chi connectivity index (χ2v) is 7.29. The number of likely N-dealkylation sites (tertiary alicyclic amines) is 1. The molecule has 138 valence electrons. The second kappa shape index (κ2) is 10.8. The normalized spacial score (nSPS) is 23.3. The highest BCUT2D eigenvalue weighted by molar-refractivity contribution is 5.85. The van der Waals surface area contributed by atoms with E-state index in [1.165, 1.54) is 19.3 Å². The first-order chi connectivity index (χ1) is 10.1. The lowest BCUT2D eigenvalue weighted by atomic mass is 9.71. The SMILES string of the molecule is CCN(C)CC1CCN(C(=O)CC2(CN)CCCCC2)C1.Cl.Cl. The highest BCUT2D eigenvalue weighted by Crippen LogP contribution is 2.39. The number of rotatable bonds is 6. The van der Waals surface area contributed by atoms with Gasteiger partial charge in [0, 0.05) is 26.1 Å². The Labute approximate surface area is 154 Å². The first-order valence-electron chi connectivity index (χ1n) is 8.75. The topological polar surface area (TPSA) is 49.6 Å². The summed E-state index contributed by atoms with van der Waals surface area (Å²) in [5.41, 5.74) is 6.12. The molecule has 2 aliphatic rings. The van der Waals surface area contributed by atoms with Gasteiger partial charge in [0.25, 0.3) is 0 Å². The number of nitrogens with two attached hydrogens (primary N) is 1. The molecule has 1 saturated heterocycles. The first kappa shape index (κ1) is 23.0. The van der Waals surface area contributed by atoms with Crippen LogP contribution < -0.4 is 5.73 Å². The van der Waals surface area contributed by atoms with E-state index in [0.717, 1.165) is 45.4 Å². The van der Waals surface area contributed by atoms with Crippen LogP contribution in [0.1, 0.15) is 51.9 Å². The van der Waals surface area contributed by atoms with E-state index in [-0.39, 0.29) is 30.2 Å². The fourth-order valence-corrected chi connectivity index (χ4v) is 3.97. The molecular weight excluding hydrogens is 333 g/mol. The third-order valence-corrected chi connectivity index (χ3v) is 5.62. The van der Waals surface area contributed by atoms with Gasteiger partial charge in [0.2, 0.25) is 5.91 Å². The molecule has 1 atom stereocenters. The Bertz CT molecular complexity index is 349. The van der Waals surface area contributed by atoms with Crippen molar-refractivity contribution in [2.75, 3.05) is 39.8 Å². The van der Waals surface area contributed by atoms with Crippen molar-refractivity contribution in [2.45, 2.75) is 51.9 Å². The van der Waals surface area contributed by atoms with E-state index in [4.69, 9.17) is 5.73 Å². The van der Waals surface area contributed by atoms with Crippen molar-refractivity contribution in [3.8, 4) is 0 Å². The highest BCUT2D eigenvalue weighted by Gasteiger charge is 2.36. The summed E-state index contributed by atoms with van der Waals surface area (Å²) in [5, 5.41) is 0. The van der Waals surface area contributed by atoms with Crippen LogP contribution in [0.3, 0.4) is 0 Å². The maximum absolute atomic E-state index is 12.6. The Kier molecular flexibility index (Phi) is 10.7. The molecule has 2 N–H and O–H groups in total. The monoisotopic (exact) mass is 367 g/mol. The zero-order valence-electron chi connectivity index (χ0n) is 14.8. The molecule has 23 heavy (non-hydrogen) atoms. The van der Waals surface area contributed by atoms with Gasteiger partial charge in [0.05, 0.1) is 0 Å². The van der Waals surface area contributed by atoms with Crippen molar-refractivity contribution in [1.29, 1.82) is 0 Å². The molecule has 0 bridgehead atoms. The van der Waals surface area contributed by atoms with Crippen molar-refractivity contribution < 1.29 is 4.79 Å². The molecule has 0 spiro atoms. The van der Waals surface area contributed by atoms with Gasteiger partial charge in [-0.2, -0.15) is 0 Å². The summed E-state index contributed by atoms with van der Waals surface area (Å²) in [6.07, 6.45) is 7.93. The largest absolute Gasteiger partial charge is 0.342 e. The molecule has 6 heteroatoms. The smallest absolute Gasteiger partial charge is 0.223 e. The van der Waals surface area contributed by atoms with Crippen LogP contribution in [-0.4, -0.2) is 55.5 Å². The molecule has 1 aliphatic heterocycles. The second-order valence-electron chi connectivity index (χ2n) is 7.29. The Morgan fingerprint density at radius 3 is 2.48 bits per heavy atom. The summed E-state index contributed by atoms with van der Waals surface area (Å²) >= 11 is 0. The van der Waals surface area contributed by atoms with E-state index in [0.29, 0.717) is 24.8 Å². The average molecular weight is 368 g/mol. The van der Waals surface area contributed by atoms with E-state index in [2.05, 4.69) is 23.8 Å². The number of halogens is 2. The van der Waals surface area contributed by atoms with Crippen LogP contribution in [0.4, 0.5) is 0 Å². The molecule has 1 amide bonds. The maximum Gasteiger partial charge on any atom is 0.223 e. The summed E-state index contributed by atoms with van der Waals surface area (Å²) in [4.78, 5) is 17.1. The third kappa shape index (κ3) is 6.41. The van der Waals surface area contributed by atoms with Crippen molar-refractivity contribution in [2.24, 2.45) is 17.1 Å². The molecule has 0 radical (unpaired) electrons. The Balaban J connectivity index is 0.00000242. The maximum atomic E-state index is 12.6. The Hall–Kier alpha value is -0.0300. The molecule has 0 aromatic carbocycles. The Morgan fingerprint density at radius 2 is 1.91 bits per heavy atom. The number of hydrogen-bond donors (Lipinski definition) is 1. The number of nitrogens with zero attached hydrogens (tertiary/aromatic N) is 2. The van der Waals surface area contributed by atoms with Crippen LogP contribution in [0.15, 0.2) is 0 Å². The lowest BCUT2D eigenvalue weighted by Crippen LogP contribution is -2.40. The first-order valence-corrected chi connectivity index (χ1v) is 8.75. The summed E-state index contributed by atoms with van der Waals surface area (Å²) in [6.45, 7) is 6.95. The van der Waals surface area contributed by atoms with Gasteiger partial charge < -0.3 is 15.5 Å². The van der Waals surface area contributed by atoms with Crippen molar-refractivity contribution in [3.05, 3.63) is 0 Å². The lowest BCUT2D eigenvalue weighted by molar-refractivity contribution is -0.133. The standard InChI is InChI=1S/C17H33N3O.2ClH/c1-3-19(2)12-15-7-10-20(13-15)16(21)11-17(14-18)8-5-4-6-9-17;;/h15H,3-14,18H2,1-2H3;2*1H. The van der Waals surface area contributed by atoms with Crippen molar-refractivity contribution in [3.63, 3.8) is 0 Å². The molecule has 1 aliphatic carbocycles. The molecule has 1 saturated carbocycles. The van der Waals surface area contributed by atoms with Crippen LogP contribution in [0.2, 0.25) is 0 Å². The minimum atomic E-state index is 0. The molecule has 2 fully saturated rings. The summed E-state index contributed by atoms with van der Waals surface area (Å²) in [7, 11) is 2.16. The minimum absolute atomic E-state index is 0. The molecule has 2 rings (SSSR count). The van der Waals surface area contributed by atoms with Gasteiger partial charge in [-0.1, -0.05) is 26.2 Å². The van der Waals surface area contributed by atoms with Gasteiger partial charge >= 0.3 is 0 Å². The van der Waals surface area contributed by atoms with Crippen molar-refractivity contribution >= 4 is 30.7 Å². The highest BCUT2D eigenvalue weighted by atomic mass is 35.5. The summed E-state index contributed by atoms with van der Waals surface area (Å²) in [5.74, 6) is 1.00. The summed E-state index contributed by atoms with van der Waals surface area (Å²) < 4.78 is 0. The van der Waals surface area contributed by atoms with Crippen LogP contribution in [0.5, 0.6) is 0 Å². The van der Waals surface area contributed by atoms with Gasteiger partial charge in [0.15, 0.2) is 0 Å². The number of amides is 1. The van der Waals surface area contributed by atoms with E-state index < -0.39 is 0 Å². The average Bonchev–Trinajstić information content (AvgIpc) is 2.96. The van der Waals surface area contributed by atoms with Gasteiger partial charge in [-0.3, -0.25) is 4.79 Å². The van der Waals surface area contributed by atoms with Gasteiger partial charge in [-0.05, 0) is 50.7 Å². The van der Waals surface area contributed by atoms with Gasteiger partial charge in [-0.15, -0.1) is 24.8 Å². The fraction of sp³-hybridized carbons (Fsp3) is 0.941. The third-order valence-electron chi connectivity index (χ3n) is 5.62. The fourth-order valence-electron chi connectivity index (χ4n) is 3.97. The number of carbonyl (C=O) groups is 1. The van der Waals surface area contributed by atoms with Crippen molar-refractivity contribution in [1.82, 2.24) is 9.80 Å². The summed E-state index contributed by atoms with van der Waals surface area (Å²) in [6, 6.07) is 0. The molecule has 1 heterocycles. The van der Waals surface area contributed by atoms with E-state index in [1.54, 1.807) is 0 Å². The molecule has 0 aromatic rings. The van der Waals surface area contributed by atoms with Crippen LogP contribution >= 0.6 is 24.8 Å². The van der Waals surface area contributed by atoms with E-state index >= 15 is 0 Å². The van der Waals surface area contributed by atoms with E-state index in [1.807, 2.05) is 0 Å².